The quantitative estimate of drug-likeness (QED) is 0.158. The first-order valence-corrected chi connectivity index (χ1v) is 19.0. The number of hydrogen-bond donors (Lipinski definition) is 0. The molecule has 11 aromatic rings. The highest BCUT2D eigenvalue weighted by Gasteiger charge is 2.18. The standard InChI is InChI=1S/C54H35N/c1-2-13-36(14-3-1)40-17-12-18-41(33-40)42-29-32-52-50(35-42)45-19-10-11-24-51(45)55(52)44-30-27-38(28-31-44)53-46-20-6-8-22-48(46)54(49-23-9-7-21-47(49)53)43-26-25-37-15-4-5-16-39(37)34-43/h1-35H. The fraction of sp³-hybridized carbons (Fsp3) is 0. The van der Waals surface area contributed by atoms with Crippen LogP contribution in [0.3, 0.4) is 0 Å². The molecule has 0 amide bonds. The van der Waals surface area contributed by atoms with Crippen LogP contribution in [0.2, 0.25) is 0 Å². The molecule has 10 aromatic carbocycles. The topological polar surface area (TPSA) is 4.93 Å². The molecule has 0 unspecified atom stereocenters. The molecule has 0 saturated heterocycles. The summed E-state index contributed by atoms with van der Waals surface area (Å²) >= 11 is 0. The van der Waals surface area contributed by atoms with Gasteiger partial charge in [-0.15, -0.1) is 0 Å². The summed E-state index contributed by atoms with van der Waals surface area (Å²) in [4.78, 5) is 0. The summed E-state index contributed by atoms with van der Waals surface area (Å²) in [5, 5.41) is 10.1. The number of fused-ring (bicyclic) bond motifs is 6. The van der Waals surface area contributed by atoms with Gasteiger partial charge in [0.2, 0.25) is 0 Å². The Morgan fingerprint density at radius 1 is 0.236 bits per heavy atom. The molecule has 1 nitrogen and oxygen atoms in total. The van der Waals surface area contributed by atoms with E-state index in [0.717, 1.165) is 5.69 Å². The summed E-state index contributed by atoms with van der Waals surface area (Å²) in [5.41, 5.74) is 13.5. The van der Waals surface area contributed by atoms with Crippen LogP contribution in [-0.4, -0.2) is 4.57 Å². The van der Waals surface area contributed by atoms with Crippen molar-refractivity contribution >= 4 is 54.1 Å². The lowest BCUT2D eigenvalue weighted by Crippen LogP contribution is -1.95. The van der Waals surface area contributed by atoms with Gasteiger partial charge in [0.1, 0.15) is 0 Å². The molecule has 0 bridgehead atoms. The highest BCUT2D eigenvalue weighted by molar-refractivity contribution is 6.22. The number of nitrogens with zero attached hydrogens (tertiary/aromatic N) is 1. The lowest BCUT2D eigenvalue weighted by molar-refractivity contribution is 1.18. The maximum atomic E-state index is 2.41. The first-order valence-electron chi connectivity index (χ1n) is 19.0. The number of para-hydroxylation sites is 1. The molecule has 256 valence electrons. The first-order chi connectivity index (χ1) is 27.3. The fourth-order valence-electron chi connectivity index (χ4n) is 8.81. The minimum absolute atomic E-state index is 1.15. The van der Waals surface area contributed by atoms with Gasteiger partial charge in [-0.3, -0.25) is 0 Å². The summed E-state index contributed by atoms with van der Waals surface area (Å²) in [6.45, 7) is 0. The zero-order valence-electron chi connectivity index (χ0n) is 30.2. The third kappa shape index (κ3) is 5.16. The Hall–Kier alpha value is -7.22. The molecule has 0 aliphatic heterocycles. The van der Waals surface area contributed by atoms with E-state index in [1.807, 2.05) is 0 Å². The third-order valence-corrected chi connectivity index (χ3v) is 11.4. The Kier molecular flexibility index (Phi) is 7.25. The average molecular weight is 698 g/mol. The van der Waals surface area contributed by atoms with Crippen LogP contribution in [0.1, 0.15) is 0 Å². The van der Waals surface area contributed by atoms with E-state index in [2.05, 4.69) is 217 Å². The molecular weight excluding hydrogens is 663 g/mol. The molecule has 0 fully saturated rings. The minimum Gasteiger partial charge on any atom is -0.309 e. The molecule has 1 aromatic heterocycles. The monoisotopic (exact) mass is 697 g/mol. The van der Waals surface area contributed by atoms with Crippen molar-refractivity contribution < 1.29 is 0 Å². The van der Waals surface area contributed by atoms with Crippen LogP contribution in [0.5, 0.6) is 0 Å². The first kappa shape index (κ1) is 31.3. The molecule has 1 heteroatoms. The normalized spacial score (nSPS) is 11.6. The van der Waals surface area contributed by atoms with Crippen molar-refractivity contribution in [2.75, 3.05) is 0 Å². The maximum absolute atomic E-state index is 2.41. The SMILES string of the molecule is c1ccc(-c2cccc(-c3ccc4c(c3)c3ccccc3n4-c3ccc(-c4c5ccccc5c(-c5ccc6ccccc6c5)c5ccccc45)cc3)c2)cc1. The van der Waals surface area contributed by atoms with E-state index in [-0.39, 0.29) is 0 Å². The van der Waals surface area contributed by atoms with Gasteiger partial charge in [-0.1, -0.05) is 170 Å². The van der Waals surface area contributed by atoms with Crippen molar-refractivity contribution in [1.82, 2.24) is 4.57 Å². The zero-order chi connectivity index (χ0) is 36.3. The summed E-state index contributed by atoms with van der Waals surface area (Å²) in [6.07, 6.45) is 0. The summed E-state index contributed by atoms with van der Waals surface area (Å²) in [7, 11) is 0. The van der Waals surface area contributed by atoms with Gasteiger partial charge in [-0.25, -0.2) is 0 Å². The van der Waals surface area contributed by atoms with Crippen LogP contribution >= 0.6 is 0 Å². The second-order valence-electron chi connectivity index (χ2n) is 14.5. The zero-order valence-corrected chi connectivity index (χ0v) is 30.2. The predicted molar refractivity (Wildman–Crippen MR) is 235 cm³/mol. The van der Waals surface area contributed by atoms with Crippen molar-refractivity contribution in [1.29, 1.82) is 0 Å². The number of hydrogen-bond acceptors (Lipinski definition) is 0. The van der Waals surface area contributed by atoms with Crippen LogP contribution < -0.4 is 0 Å². The Bertz CT molecular complexity index is 3180. The van der Waals surface area contributed by atoms with Crippen molar-refractivity contribution in [2.45, 2.75) is 0 Å². The van der Waals surface area contributed by atoms with Crippen LogP contribution in [0.4, 0.5) is 0 Å². The van der Waals surface area contributed by atoms with Crippen molar-refractivity contribution in [2.24, 2.45) is 0 Å². The van der Waals surface area contributed by atoms with Gasteiger partial charge >= 0.3 is 0 Å². The fourth-order valence-corrected chi connectivity index (χ4v) is 8.81. The maximum Gasteiger partial charge on any atom is 0.0541 e. The number of rotatable bonds is 5. The lowest BCUT2D eigenvalue weighted by atomic mass is 9.85. The molecule has 0 spiro atoms. The molecule has 0 atom stereocenters. The van der Waals surface area contributed by atoms with Crippen molar-refractivity contribution in [3.05, 3.63) is 212 Å². The summed E-state index contributed by atoms with van der Waals surface area (Å²) in [5.74, 6) is 0. The van der Waals surface area contributed by atoms with E-state index >= 15 is 0 Å². The van der Waals surface area contributed by atoms with E-state index in [0.29, 0.717) is 0 Å². The minimum atomic E-state index is 1.15. The van der Waals surface area contributed by atoms with E-state index in [1.165, 1.54) is 98.6 Å². The molecule has 0 radical (unpaired) electrons. The van der Waals surface area contributed by atoms with Gasteiger partial charge in [0.25, 0.3) is 0 Å². The number of aromatic nitrogens is 1. The van der Waals surface area contributed by atoms with Gasteiger partial charge in [0.15, 0.2) is 0 Å². The Balaban J connectivity index is 1.05. The van der Waals surface area contributed by atoms with Crippen molar-refractivity contribution in [3.8, 4) is 50.2 Å². The van der Waals surface area contributed by atoms with Gasteiger partial charge in [0.05, 0.1) is 11.0 Å². The van der Waals surface area contributed by atoms with E-state index in [4.69, 9.17) is 0 Å². The van der Waals surface area contributed by atoms with Gasteiger partial charge in [-0.05, 0) is 119 Å². The van der Waals surface area contributed by atoms with E-state index in [9.17, 15) is 0 Å². The van der Waals surface area contributed by atoms with Gasteiger partial charge < -0.3 is 4.57 Å². The average Bonchev–Trinajstić information content (AvgIpc) is 3.59. The lowest BCUT2D eigenvalue weighted by Gasteiger charge is -2.18. The van der Waals surface area contributed by atoms with Crippen LogP contribution in [0.15, 0.2) is 212 Å². The highest BCUT2D eigenvalue weighted by Crippen LogP contribution is 2.44. The van der Waals surface area contributed by atoms with E-state index in [1.54, 1.807) is 0 Å². The molecule has 1 heterocycles. The van der Waals surface area contributed by atoms with E-state index < -0.39 is 0 Å². The molecule has 0 N–H and O–H groups in total. The molecule has 0 aliphatic rings. The van der Waals surface area contributed by atoms with Crippen LogP contribution in [0, 0.1) is 0 Å². The highest BCUT2D eigenvalue weighted by atomic mass is 15.0. The van der Waals surface area contributed by atoms with Crippen LogP contribution in [-0.2, 0) is 0 Å². The van der Waals surface area contributed by atoms with Gasteiger partial charge in [-0.2, -0.15) is 0 Å². The molecular formula is C54H35N. The Morgan fingerprint density at radius 3 is 1.44 bits per heavy atom. The predicted octanol–water partition coefficient (Wildman–Crippen LogP) is 14.9. The smallest absolute Gasteiger partial charge is 0.0541 e. The third-order valence-electron chi connectivity index (χ3n) is 11.4. The number of benzene rings is 10. The van der Waals surface area contributed by atoms with Crippen LogP contribution in [0.25, 0.3) is 104 Å². The van der Waals surface area contributed by atoms with Gasteiger partial charge in [0, 0.05) is 16.5 Å². The second-order valence-corrected chi connectivity index (χ2v) is 14.5. The molecule has 55 heavy (non-hydrogen) atoms. The summed E-state index contributed by atoms with van der Waals surface area (Å²) in [6, 6.07) is 77.7. The Morgan fingerprint density at radius 2 is 0.727 bits per heavy atom. The Labute approximate surface area is 320 Å². The molecule has 0 aliphatic carbocycles. The summed E-state index contributed by atoms with van der Waals surface area (Å²) < 4.78 is 2.41. The second kappa shape index (κ2) is 12.7. The van der Waals surface area contributed by atoms with Crippen molar-refractivity contribution in [3.63, 3.8) is 0 Å². The largest absolute Gasteiger partial charge is 0.309 e. The molecule has 0 saturated carbocycles. The molecule has 11 rings (SSSR count).